The lowest BCUT2D eigenvalue weighted by Crippen LogP contribution is -2.38. The van der Waals surface area contributed by atoms with Crippen molar-refractivity contribution in [2.24, 2.45) is 5.92 Å². The van der Waals surface area contributed by atoms with Gasteiger partial charge in [0.25, 0.3) is 0 Å². The molecule has 1 fully saturated rings. The molecule has 1 saturated heterocycles. The molecule has 8 heteroatoms. The van der Waals surface area contributed by atoms with Crippen LogP contribution in [0.2, 0.25) is 0 Å². The molecule has 0 unspecified atom stereocenters. The van der Waals surface area contributed by atoms with E-state index < -0.39 is 0 Å². The molecule has 2 aromatic rings. The number of esters is 1. The second-order valence-electron chi connectivity index (χ2n) is 7.54. The van der Waals surface area contributed by atoms with Crippen molar-refractivity contribution in [2.45, 2.75) is 39.9 Å². The Morgan fingerprint density at radius 2 is 2.11 bits per heavy atom. The zero-order chi connectivity index (χ0) is 19.8. The van der Waals surface area contributed by atoms with Crippen molar-refractivity contribution in [1.82, 2.24) is 4.98 Å². The van der Waals surface area contributed by atoms with Crippen molar-refractivity contribution in [2.75, 3.05) is 43.5 Å². The number of carbonyl (C=O) groups excluding carboxylic acids is 1. The molecule has 0 aliphatic carbocycles. The number of nitrogens with two attached hydrogens (primary N) is 1. The Morgan fingerprint density at radius 1 is 1.36 bits per heavy atom. The Labute approximate surface area is 168 Å². The van der Waals surface area contributed by atoms with Gasteiger partial charge < -0.3 is 24.8 Å². The van der Waals surface area contributed by atoms with Gasteiger partial charge in [-0.15, -0.1) is 11.3 Å². The van der Waals surface area contributed by atoms with Crippen LogP contribution in [0.15, 0.2) is 0 Å². The topological polar surface area (TPSA) is 86.9 Å². The first kappa shape index (κ1) is 19.4. The summed E-state index contributed by atoms with van der Waals surface area (Å²) in [4.78, 5) is 20.8. The molecule has 4 heterocycles. The van der Waals surface area contributed by atoms with Gasteiger partial charge in [0.1, 0.15) is 15.5 Å². The predicted molar refractivity (Wildman–Crippen MR) is 110 cm³/mol. The van der Waals surface area contributed by atoms with E-state index in [0.29, 0.717) is 42.9 Å². The van der Waals surface area contributed by atoms with Crippen molar-refractivity contribution in [1.29, 1.82) is 0 Å². The second kappa shape index (κ2) is 7.85. The van der Waals surface area contributed by atoms with Crippen LogP contribution in [0.25, 0.3) is 10.2 Å². The summed E-state index contributed by atoms with van der Waals surface area (Å²) >= 11 is 1.32. The molecule has 0 aromatic carbocycles. The third-order valence-corrected chi connectivity index (χ3v) is 6.51. The Balaban J connectivity index is 1.88. The minimum absolute atomic E-state index is 0.126. The molecule has 4 rings (SSSR count). The molecule has 2 aliphatic rings. The quantitative estimate of drug-likeness (QED) is 0.783. The normalized spacial score (nSPS) is 19.9. The highest BCUT2D eigenvalue weighted by Gasteiger charge is 2.32. The molecule has 28 heavy (non-hydrogen) atoms. The predicted octanol–water partition coefficient (Wildman–Crippen LogP) is 2.99. The fraction of sp³-hybridized carbons (Fsp3) is 0.600. The van der Waals surface area contributed by atoms with Crippen molar-refractivity contribution < 1.29 is 19.0 Å². The van der Waals surface area contributed by atoms with Crippen molar-refractivity contribution in [3.05, 3.63) is 16.0 Å². The van der Waals surface area contributed by atoms with E-state index in [1.807, 2.05) is 0 Å². The summed E-state index contributed by atoms with van der Waals surface area (Å²) in [6, 6.07) is 0. The number of rotatable bonds is 4. The van der Waals surface area contributed by atoms with E-state index in [2.05, 4.69) is 18.7 Å². The van der Waals surface area contributed by atoms with Crippen LogP contribution in [-0.4, -0.2) is 50.0 Å². The molecular weight excluding hydrogens is 378 g/mol. The third-order valence-electron chi connectivity index (χ3n) is 5.43. The van der Waals surface area contributed by atoms with Crippen LogP contribution in [0.1, 0.15) is 41.6 Å². The number of hydrogen-bond donors (Lipinski definition) is 1. The van der Waals surface area contributed by atoms with Crippen LogP contribution in [-0.2, 0) is 27.2 Å². The highest BCUT2D eigenvalue weighted by atomic mass is 32.1. The molecule has 152 valence electrons. The van der Waals surface area contributed by atoms with Gasteiger partial charge >= 0.3 is 5.97 Å². The average Bonchev–Trinajstić information content (AvgIpc) is 3.04. The fourth-order valence-corrected chi connectivity index (χ4v) is 4.91. The van der Waals surface area contributed by atoms with E-state index in [0.717, 1.165) is 41.1 Å². The molecule has 1 atom stereocenters. The van der Waals surface area contributed by atoms with Crippen LogP contribution >= 0.6 is 11.3 Å². The molecule has 0 amide bonds. The summed E-state index contributed by atoms with van der Waals surface area (Å²) < 4.78 is 16.9. The van der Waals surface area contributed by atoms with E-state index in [9.17, 15) is 4.79 Å². The standard InChI is InChI=1S/C20H27N3O4S/c1-4-26-20(24)17-16(21)15-12-9-14(11(2)3)27-10-13(12)18(22-19(15)28-17)23-5-7-25-8-6-23/h11,14H,4-10,21H2,1-3H3/t14-/m1/s1. The summed E-state index contributed by atoms with van der Waals surface area (Å²) in [5.74, 6) is 0.953. The maximum Gasteiger partial charge on any atom is 0.350 e. The summed E-state index contributed by atoms with van der Waals surface area (Å²) in [5.41, 5.74) is 9.18. The summed E-state index contributed by atoms with van der Waals surface area (Å²) in [6.07, 6.45) is 0.896. The molecule has 0 spiro atoms. The largest absolute Gasteiger partial charge is 0.462 e. The number of carbonyl (C=O) groups is 1. The molecule has 2 aromatic heterocycles. The highest BCUT2D eigenvalue weighted by molar-refractivity contribution is 7.21. The van der Waals surface area contributed by atoms with E-state index in [1.54, 1.807) is 6.92 Å². The van der Waals surface area contributed by atoms with Gasteiger partial charge in [-0.1, -0.05) is 13.8 Å². The number of aromatic nitrogens is 1. The maximum atomic E-state index is 12.4. The van der Waals surface area contributed by atoms with Crippen LogP contribution in [0, 0.1) is 5.92 Å². The number of thiophene rings is 1. The number of morpholine rings is 1. The number of anilines is 2. The molecule has 0 radical (unpaired) electrons. The first-order valence-electron chi connectivity index (χ1n) is 9.86. The molecule has 2 aliphatic heterocycles. The molecule has 0 bridgehead atoms. The number of nitrogen functional groups attached to an aromatic ring is 1. The van der Waals surface area contributed by atoms with Gasteiger partial charge in [0.15, 0.2) is 0 Å². The first-order valence-corrected chi connectivity index (χ1v) is 10.7. The Hall–Kier alpha value is -1.90. The maximum absolute atomic E-state index is 12.4. The van der Waals surface area contributed by atoms with Crippen LogP contribution in [0.5, 0.6) is 0 Å². The SMILES string of the molecule is CCOC(=O)c1sc2nc(N3CCOCC3)c3c(c2c1N)C[C@H](C(C)C)OC3. The Bertz CT molecular complexity index is 889. The first-order chi connectivity index (χ1) is 13.5. The minimum Gasteiger partial charge on any atom is -0.462 e. The lowest BCUT2D eigenvalue weighted by atomic mass is 9.91. The van der Waals surface area contributed by atoms with Crippen LogP contribution < -0.4 is 10.6 Å². The number of pyridine rings is 1. The van der Waals surface area contributed by atoms with E-state index in [4.69, 9.17) is 24.9 Å². The molecule has 7 nitrogen and oxygen atoms in total. The zero-order valence-electron chi connectivity index (χ0n) is 16.6. The van der Waals surface area contributed by atoms with Gasteiger partial charge in [0, 0.05) is 30.5 Å². The van der Waals surface area contributed by atoms with E-state index >= 15 is 0 Å². The average molecular weight is 406 g/mol. The summed E-state index contributed by atoms with van der Waals surface area (Å²) in [5, 5.41) is 0.897. The summed E-state index contributed by atoms with van der Waals surface area (Å²) in [7, 11) is 0. The highest BCUT2D eigenvalue weighted by Crippen LogP contribution is 2.42. The van der Waals surface area contributed by atoms with Gasteiger partial charge in [-0.05, 0) is 18.4 Å². The van der Waals surface area contributed by atoms with Crippen molar-refractivity contribution in [3.63, 3.8) is 0 Å². The molecule has 0 saturated carbocycles. The molecular formula is C20H27N3O4S. The van der Waals surface area contributed by atoms with Gasteiger partial charge in [0.05, 0.1) is 38.2 Å². The van der Waals surface area contributed by atoms with Crippen LogP contribution in [0.3, 0.4) is 0 Å². The van der Waals surface area contributed by atoms with Gasteiger partial charge in [-0.2, -0.15) is 0 Å². The van der Waals surface area contributed by atoms with Gasteiger partial charge in [0.2, 0.25) is 0 Å². The smallest absolute Gasteiger partial charge is 0.350 e. The number of hydrogen-bond acceptors (Lipinski definition) is 8. The van der Waals surface area contributed by atoms with Crippen LogP contribution in [0.4, 0.5) is 11.5 Å². The summed E-state index contributed by atoms with van der Waals surface area (Å²) in [6.45, 7) is 9.92. The monoisotopic (exact) mass is 405 g/mol. The van der Waals surface area contributed by atoms with E-state index in [1.165, 1.54) is 16.9 Å². The van der Waals surface area contributed by atoms with Gasteiger partial charge in [-0.3, -0.25) is 0 Å². The Kier molecular flexibility index (Phi) is 5.44. The lowest BCUT2D eigenvalue weighted by molar-refractivity contribution is 0.000125. The zero-order valence-corrected chi connectivity index (χ0v) is 17.4. The lowest BCUT2D eigenvalue weighted by Gasteiger charge is -2.34. The number of fused-ring (bicyclic) bond motifs is 3. The van der Waals surface area contributed by atoms with Gasteiger partial charge in [-0.25, -0.2) is 9.78 Å². The van der Waals surface area contributed by atoms with Crippen molar-refractivity contribution >= 4 is 39.0 Å². The second-order valence-corrected chi connectivity index (χ2v) is 8.53. The van der Waals surface area contributed by atoms with Crippen molar-refractivity contribution in [3.8, 4) is 0 Å². The van der Waals surface area contributed by atoms with E-state index in [-0.39, 0.29) is 12.1 Å². The third kappa shape index (κ3) is 3.33. The number of nitrogens with zero attached hydrogens (tertiary/aromatic N) is 2. The minimum atomic E-state index is -0.378. The molecule has 2 N–H and O–H groups in total. The number of ether oxygens (including phenoxy) is 3. The Morgan fingerprint density at radius 3 is 2.79 bits per heavy atom. The fourth-order valence-electron chi connectivity index (χ4n) is 3.89.